The van der Waals surface area contributed by atoms with Crippen LogP contribution in [0.4, 0.5) is 0 Å². The average molecular weight is 325 g/mol. The van der Waals surface area contributed by atoms with Gasteiger partial charge in [0.25, 0.3) is 0 Å². The summed E-state index contributed by atoms with van der Waals surface area (Å²) in [6.07, 6.45) is 3.06. The van der Waals surface area contributed by atoms with E-state index in [-0.39, 0.29) is 6.29 Å². The van der Waals surface area contributed by atoms with Gasteiger partial charge in [0.15, 0.2) is 18.7 Å². The van der Waals surface area contributed by atoms with Crippen molar-refractivity contribution in [1.29, 1.82) is 0 Å². The molecule has 6 heteroatoms. The number of hydrogen-bond acceptors (Lipinski definition) is 4. The van der Waals surface area contributed by atoms with Crippen molar-refractivity contribution in [3.8, 4) is 22.5 Å². The molecule has 0 radical (unpaired) electrons. The average Bonchev–Trinajstić information content (AvgIpc) is 3.04. The number of pyridine rings is 1. The third-order valence-electron chi connectivity index (χ3n) is 3.75. The van der Waals surface area contributed by atoms with E-state index < -0.39 is 0 Å². The predicted octanol–water partition coefficient (Wildman–Crippen LogP) is 2.54. The molecule has 0 unspecified atom stereocenters. The maximum absolute atomic E-state index is 11.6. The lowest BCUT2D eigenvalue weighted by molar-refractivity contribution is -0.604. The minimum atomic E-state index is -0.382. The molecule has 2 aromatic heterocycles. The fourth-order valence-electron chi connectivity index (χ4n) is 2.56. The molecule has 3 rings (SSSR count). The Hall–Kier alpha value is -2.70. The summed E-state index contributed by atoms with van der Waals surface area (Å²) >= 11 is 0. The van der Waals surface area contributed by atoms with E-state index >= 15 is 0 Å². The number of ether oxygens (including phenoxy) is 2. The van der Waals surface area contributed by atoms with Crippen molar-refractivity contribution < 1.29 is 14.2 Å². The molecule has 0 atom stereocenters. The van der Waals surface area contributed by atoms with E-state index in [4.69, 9.17) is 9.47 Å². The van der Waals surface area contributed by atoms with Gasteiger partial charge in [0.2, 0.25) is 0 Å². The summed E-state index contributed by atoms with van der Waals surface area (Å²) in [5.41, 5.74) is 3.34. The van der Waals surface area contributed by atoms with Gasteiger partial charge >= 0.3 is 0 Å². The number of hydrogen-bond donors (Lipinski definition) is 1. The normalized spacial score (nSPS) is 11.1. The Bertz CT molecular complexity index is 798. The molecule has 0 aliphatic carbocycles. The van der Waals surface area contributed by atoms with Crippen molar-refractivity contribution in [2.45, 2.75) is 12.7 Å². The summed E-state index contributed by atoms with van der Waals surface area (Å²) in [4.78, 5) is 8.00. The van der Waals surface area contributed by atoms with Crippen LogP contribution in [0, 0.1) is 5.21 Å². The van der Waals surface area contributed by atoms with Crippen molar-refractivity contribution in [2.24, 2.45) is 0 Å². The molecule has 0 amide bonds. The zero-order valence-corrected chi connectivity index (χ0v) is 13.6. The molecule has 0 aliphatic heterocycles. The topological polar surface area (TPSA) is 74.1 Å². The first-order valence-electron chi connectivity index (χ1n) is 7.60. The molecule has 6 nitrogen and oxygen atoms in total. The van der Waals surface area contributed by atoms with Crippen molar-refractivity contribution in [1.82, 2.24) is 9.97 Å². The van der Waals surface area contributed by atoms with Crippen LogP contribution >= 0.6 is 0 Å². The van der Waals surface area contributed by atoms with Gasteiger partial charge in [0.05, 0.1) is 17.7 Å². The fourth-order valence-corrected chi connectivity index (χ4v) is 2.56. The zero-order valence-electron chi connectivity index (χ0n) is 13.6. The minimum absolute atomic E-state index is 0.382. The van der Waals surface area contributed by atoms with Gasteiger partial charge in [0.1, 0.15) is 11.5 Å². The highest BCUT2D eigenvalue weighted by Gasteiger charge is 2.18. The first kappa shape index (κ1) is 16.2. The quantitative estimate of drug-likeness (QED) is 0.429. The van der Waals surface area contributed by atoms with Crippen LogP contribution < -0.4 is 4.73 Å². The third kappa shape index (κ3) is 3.45. The number of methoxy groups -OCH3 is 2. The van der Waals surface area contributed by atoms with E-state index in [2.05, 4.69) is 9.97 Å². The first-order valence-corrected chi connectivity index (χ1v) is 7.60. The van der Waals surface area contributed by atoms with Crippen LogP contribution in [-0.2, 0) is 15.9 Å². The summed E-state index contributed by atoms with van der Waals surface area (Å²) < 4.78 is 11.3. The second-order valence-electron chi connectivity index (χ2n) is 5.33. The molecule has 0 fully saturated rings. The second-order valence-corrected chi connectivity index (χ2v) is 5.33. The minimum Gasteiger partial charge on any atom is -0.619 e. The Kier molecular flexibility index (Phi) is 4.88. The number of aromatic nitrogens is 3. The molecule has 0 spiro atoms. The van der Waals surface area contributed by atoms with Crippen LogP contribution in [0.1, 0.15) is 5.82 Å². The number of imidazole rings is 1. The summed E-state index contributed by atoms with van der Waals surface area (Å²) in [5, 5.41) is 11.6. The van der Waals surface area contributed by atoms with Gasteiger partial charge in [-0.15, -0.1) is 0 Å². The van der Waals surface area contributed by atoms with Crippen LogP contribution in [0.2, 0.25) is 0 Å². The molecule has 1 aromatic carbocycles. The molecular formula is C18H19N3O3. The van der Waals surface area contributed by atoms with E-state index in [0.29, 0.717) is 6.42 Å². The highest BCUT2D eigenvalue weighted by molar-refractivity contribution is 5.77. The van der Waals surface area contributed by atoms with Crippen molar-refractivity contribution in [2.75, 3.05) is 14.2 Å². The molecule has 2 heterocycles. The highest BCUT2D eigenvalue weighted by Crippen LogP contribution is 2.29. The molecule has 24 heavy (non-hydrogen) atoms. The summed E-state index contributed by atoms with van der Waals surface area (Å²) in [6.45, 7) is 0. The lowest BCUT2D eigenvalue weighted by atomic mass is 10.1. The molecule has 124 valence electrons. The Labute approximate surface area is 140 Å². The van der Waals surface area contributed by atoms with Crippen molar-refractivity contribution >= 4 is 0 Å². The third-order valence-corrected chi connectivity index (χ3v) is 3.75. The van der Waals surface area contributed by atoms with Crippen molar-refractivity contribution in [3.05, 3.63) is 65.9 Å². The van der Waals surface area contributed by atoms with Gasteiger partial charge in [-0.1, -0.05) is 30.3 Å². The zero-order chi connectivity index (χ0) is 16.9. The lowest BCUT2D eigenvalue weighted by Crippen LogP contribution is -2.24. The maximum atomic E-state index is 11.6. The number of rotatable bonds is 6. The molecule has 1 N–H and O–H groups in total. The monoisotopic (exact) mass is 325 g/mol. The maximum Gasteiger partial charge on any atom is 0.189 e. The Morgan fingerprint density at radius 2 is 1.79 bits per heavy atom. The van der Waals surface area contributed by atoms with Gasteiger partial charge in [-0.25, -0.2) is 4.98 Å². The van der Waals surface area contributed by atoms with Gasteiger partial charge in [-0.05, 0) is 6.07 Å². The highest BCUT2D eigenvalue weighted by atomic mass is 16.7. The number of aromatic amines is 1. The van der Waals surface area contributed by atoms with Crippen LogP contribution in [0.25, 0.3) is 22.5 Å². The Balaban J connectivity index is 2.06. The van der Waals surface area contributed by atoms with Crippen molar-refractivity contribution in [3.63, 3.8) is 0 Å². The number of H-pyrrole nitrogens is 1. The van der Waals surface area contributed by atoms with Crippen LogP contribution in [0.5, 0.6) is 0 Å². The van der Waals surface area contributed by atoms with E-state index in [1.165, 1.54) is 12.4 Å². The molecule has 0 aliphatic rings. The van der Waals surface area contributed by atoms with Crippen LogP contribution in [0.15, 0.2) is 54.9 Å². The van der Waals surface area contributed by atoms with E-state index in [1.54, 1.807) is 20.3 Å². The summed E-state index contributed by atoms with van der Waals surface area (Å²) in [6, 6.07) is 13.5. The fraction of sp³-hybridized carbons (Fsp3) is 0.222. The smallest absolute Gasteiger partial charge is 0.189 e. The number of nitrogens with one attached hydrogen (secondary N) is 1. The van der Waals surface area contributed by atoms with E-state index in [9.17, 15) is 5.21 Å². The molecule has 0 saturated carbocycles. The van der Waals surface area contributed by atoms with Gasteiger partial charge in [0, 0.05) is 25.8 Å². The lowest BCUT2D eigenvalue weighted by Gasteiger charge is -2.10. The Morgan fingerprint density at radius 3 is 2.46 bits per heavy atom. The molecule has 0 saturated heterocycles. The predicted molar refractivity (Wildman–Crippen MR) is 89.9 cm³/mol. The molecule has 3 aromatic rings. The van der Waals surface area contributed by atoms with Gasteiger partial charge in [-0.2, -0.15) is 4.73 Å². The molecule has 0 bridgehead atoms. The van der Waals surface area contributed by atoms with Gasteiger partial charge in [-0.3, -0.25) is 0 Å². The Morgan fingerprint density at radius 1 is 1.08 bits per heavy atom. The number of nitrogens with zero attached hydrogens (tertiary/aromatic N) is 2. The van der Waals surface area contributed by atoms with Gasteiger partial charge < -0.3 is 19.7 Å². The van der Waals surface area contributed by atoms with Crippen LogP contribution in [-0.4, -0.2) is 30.5 Å². The summed E-state index contributed by atoms with van der Waals surface area (Å²) in [5.74, 6) is 0.735. The van der Waals surface area contributed by atoms with E-state index in [0.717, 1.165) is 33.1 Å². The summed E-state index contributed by atoms with van der Waals surface area (Å²) in [7, 11) is 3.18. The first-order chi connectivity index (χ1) is 11.7. The number of benzene rings is 1. The van der Waals surface area contributed by atoms with E-state index in [1.807, 2.05) is 36.4 Å². The van der Waals surface area contributed by atoms with Crippen LogP contribution in [0.3, 0.4) is 0 Å². The molecular weight excluding hydrogens is 306 g/mol. The largest absolute Gasteiger partial charge is 0.619 e. The standard InChI is InChI=1S/C18H19N3O3/c1-23-16(24-2)11-15-19-17(13-7-4-3-5-8-13)18(20-15)14-9-6-10-21(22)12-14/h3-10,12,16H,11H2,1-2H3,(H,19,20). The second kappa shape index (κ2) is 7.25. The SMILES string of the molecule is COC(Cc1nc(-c2ccc[n+]([O-])c2)c(-c2ccccc2)[nH]1)OC.